The van der Waals surface area contributed by atoms with Gasteiger partial charge in [0, 0.05) is 30.6 Å². The van der Waals surface area contributed by atoms with Gasteiger partial charge in [-0.2, -0.15) is 0 Å². The molecule has 2 saturated heterocycles. The minimum Gasteiger partial charge on any atom is -0.356 e. The van der Waals surface area contributed by atoms with Crippen LogP contribution in [0.4, 0.5) is 0 Å². The van der Waals surface area contributed by atoms with Crippen LogP contribution in [-0.4, -0.2) is 60.6 Å². The first-order chi connectivity index (χ1) is 10.8. The van der Waals surface area contributed by atoms with E-state index in [2.05, 4.69) is 56.7 Å². The van der Waals surface area contributed by atoms with E-state index in [0.29, 0.717) is 5.41 Å². The van der Waals surface area contributed by atoms with Crippen molar-refractivity contribution in [2.24, 2.45) is 16.3 Å². The Hall–Kier alpha value is -0.770. The summed E-state index contributed by atoms with van der Waals surface area (Å²) >= 11 is 0. The van der Waals surface area contributed by atoms with E-state index in [4.69, 9.17) is 4.99 Å². The summed E-state index contributed by atoms with van der Waals surface area (Å²) in [4.78, 5) is 10.1. The molecule has 0 radical (unpaired) electrons. The second-order valence-corrected chi connectivity index (χ2v) is 8.51. The first-order valence-corrected chi connectivity index (χ1v) is 9.60. The van der Waals surface area contributed by atoms with E-state index in [0.717, 1.165) is 31.5 Å². The van der Waals surface area contributed by atoms with Crippen LogP contribution in [0.1, 0.15) is 60.8 Å². The summed E-state index contributed by atoms with van der Waals surface area (Å²) in [6.45, 7) is 20.6. The fraction of sp³-hybridized carbons (Fsp3) is 0.947. The molecule has 4 heteroatoms. The van der Waals surface area contributed by atoms with Gasteiger partial charge < -0.3 is 15.1 Å². The van der Waals surface area contributed by atoms with Crippen LogP contribution in [0.2, 0.25) is 0 Å². The van der Waals surface area contributed by atoms with Gasteiger partial charge in [0.15, 0.2) is 5.96 Å². The number of rotatable bonds is 5. The lowest BCUT2D eigenvalue weighted by Gasteiger charge is -2.62. The van der Waals surface area contributed by atoms with E-state index in [1.54, 1.807) is 0 Å². The zero-order chi connectivity index (χ0) is 17.1. The van der Waals surface area contributed by atoms with Gasteiger partial charge in [-0.3, -0.25) is 4.99 Å². The van der Waals surface area contributed by atoms with Gasteiger partial charge in [-0.15, -0.1) is 0 Å². The molecular weight excluding hydrogens is 284 g/mol. The largest absolute Gasteiger partial charge is 0.356 e. The van der Waals surface area contributed by atoms with Crippen molar-refractivity contribution in [2.75, 3.05) is 39.3 Å². The molecule has 2 aliphatic rings. The highest BCUT2D eigenvalue weighted by molar-refractivity contribution is 5.82. The number of nitrogens with one attached hydrogen (secondary N) is 1. The van der Waals surface area contributed by atoms with E-state index >= 15 is 0 Å². The van der Waals surface area contributed by atoms with Gasteiger partial charge in [0.25, 0.3) is 0 Å². The van der Waals surface area contributed by atoms with Gasteiger partial charge >= 0.3 is 0 Å². The van der Waals surface area contributed by atoms with Crippen molar-refractivity contribution in [1.29, 1.82) is 0 Å². The zero-order valence-corrected chi connectivity index (χ0v) is 16.3. The third-order valence-electron chi connectivity index (χ3n) is 6.22. The van der Waals surface area contributed by atoms with Gasteiger partial charge in [0.1, 0.15) is 0 Å². The summed E-state index contributed by atoms with van der Waals surface area (Å²) in [7, 11) is 0. The third kappa shape index (κ3) is 4.01. The first-order valence-electron chi connectivity index (χ1n) is 9.60. The van der Waals surface area contributed by atoms with Crippen molar-refractivity contribution < 1.29 is 0 Å². The van der Waals surface area contributed by atoms with Crippen LogP contribution in [-0.2, 0) is 0 Å². The lowest BCUT2D eigenvalue weighted by Crippen LogP contribution is -2.72. The second-order valence-electron chi connectivity index (χ2n) is 8.51. The molecule has 4 nitrogen and oxygen atoms in total. The highest BCUT2D eigenvalue weighted by Gasteiger charge is 2.53. The van der Waals surface area contributed by atoms with Gasteiger partial charge in [-0.05, 0) is 65.6 Å². The molecule has 0 aromatic heterocycles. The molecule has 2 fully saturated rings. The quantitative estimate of drug-likeness (QED) is 0.623. The molecule has 0 atom stereocenters. The van der Waals surface area contributed by atoms with Crippen molar-refractivity contribution >= 4 is 5.96 Å². The Morgan fingerprint density at radius 2 is 1.78 bits per heavy atom. The second kappa shape index (κ2) is 7.42. The molecule has 134 valence electrons. The maximum atomic E-state index is 5.00. The van der Waals surface area contributed by atoms with Crippen LogP contribution in [0.5, 0.6) is 0 Å². The Morgan fingerprint density at radius 3 is 2.26 bits per heavy atom. The van der Waals surface area contributed by atoms with E-state index < -0.39 is 0 Å². The fourth-order valence-electron chi connectivity index (χ4n) is 3.72. The van der Waals surface area contributed by atoms with Crippen LogP contribution in [0.3, 0.4) is 0 Å². The van der Waals surface area contributed by atoms with Crippen LogP contribution in [0, 0.1) is 11.3 Å². The van der Waals surface area contributed by atoms with Gasteiger partial charge in [0.2, 0.25) is 0 Å². The maximum absolute atomic E-state index is 5.00. The Labute approximate surface area is 143 Å². The fourth-order valence-corrected chi connectivity index (χ4v) is 3.72. The van der Waals surface area contributed by atoms with E-state index in [9.17, 15) is 0 Å². The smallest absolute Gasteiger partial charge is 0.194 e. The molecule has 0 bridgehead atoms. The monoisotopic (exact) mass is 322 g/mol. The normalized spacial score (nSPS) is 25.3. The molecule has 2 aliphatic heterocycles. The van der Waals surface area contributed by atoms with E-state index in [1.807, 2.05) is 0 Å². The lowest BCUT2D eigenvalue weighted by atomic mass is 9.65. The lowest BCUT2D eigenvalue weighted by molar-refractivity contribution is -0.0668. The number of piperidine rings is 1. The number of hydrogen-bond acceptors (Lipinski definition) is 2. The Bertz CT molecular complexity index is 406. The molecule has 0 saturated carbocycles. The molecule has 2 rings (SSSR count). The molecule has 0 amide bonds. The summed E-state index contributed by atoms with van der Waals surface area (Å²) in [5.74, 6) is 1.88. The van der Waals surface area contributed by atoms with Gasteiger partial charge in [-0.25, -0.2) is 0 Å². The van der Waals surface area contributed by atoms with Crippen LogP contribution < -0.4 is 5.32 Å². The van der Waals surface area contributed by atoms with Crippen LogP contribution >= 0.6 is 0 Å². The van der Waals surface area contributed by atoms with E-state index in [1.165, 1.54) is 38.9 Å². The SMILES string of the molecule is CCCN1CCC(CN=C(NCC)N2CC(C)(C)C2(C)C)CC1. The number of hydrogen-bond donors (Lipinski definition) is 1. The summed E-state index contributed by atoms with van der Waals surface area (Å²) in [5, 5.41) is 3.51. The Morgan fingerprint density at radius 1 is 1.13 bits per heavy atom. The Balaban J connectivity index is 1.91. The van der Waals surface area contributed by atoms with Crippen molar-refractivity contribution in [3.8, 4) is 0 Å². The predicted octanol–water partition coefficient (Wildman–Crippen LogP) is 3.19. The third-order valence-corrected chi connectivity index (χ3v) is 6.22. The molecule has 0 aromatic rings. The van der Waals surface area contributed by atoms with Crippen LogP contribution in [0.25, 0.3) is 0 Å². The number of aliphatic imine (C=N–C) groups is 1. The maximum Gasteiger partial charge on any atom is 0.194 e. The van der Waals surface area contributed by atoms with E-state index in [-0.39, 0.29) is 5.54 Å². The Kier molecular flexibility index (Phi) is 5.99. The van der Waals surface area contributed by atoms with Crippen molar-refractivity contribution in [2.45, 2.75) is 66.3 Å². The molecule has 0 aliphatic carbocycles. The predicted molar refractivity (Wildman–Crippen MR) is 100.0 cm³/mol. The highest BCUT2D eigenvalue weighted by Crippen LogP contribution is 2.46. The topological polar surface area (TPSA) is 30.9 Å². The first kappa shape index (κ1) is 18.6. The van der Waals surface area contributed by atoms with Crippen molar-refractivity contribution in [3.63, 3.8) is 0 Å². The summed E-state index contributed by atoms with van der Waals surface area (Å²) in [6, 6.07) is 0. The average molecular weight is 323 g/mol. The molecule has 0 spiro atoms. The average Bonchev–Trinajstić information content (AvgIpc) is 2.51. The van der Waals surface area contributed by atoms with Crippen molar-refractivity contribution in [1.82, 2.24) is 15.1 Å². The van der Waals surface area contributed by atoms with Crippen molar-refractivity contribution in [3.05, 3.63) is 0 Å². The summed E-state index contributed by atoms with van der Waals surface area (Å²) < 4.78 is 0. The number of nitrogens with zero attached hydrogens (tertiary/aromatic N) is 3. The highest BCUT2D eigenvalue weighted by atomic mass is 15.4. The molecule has 1 N–H and O–H groups in total. The number of likely N-dealkylation sites (tertiary alicyclic amines) is 2. The molecular formula is C19H38N4. The minimum atomic E-state index is 0.179. The molecule has 0 unspecified atom stereocenters. The standard InChI is InChI=1S/C19H38N4/c1-7-11-22-12-9-16(10-13-22)14-21-17(20-8-2)23-15-18(3,4)19(23,5)6/h16H,7-15H2,1-6H3,(H,20,21). The molecule has 23 heavy (non-hydrogen) atoms. The zero-order valence-electron chi connectivity index (χ0n) is 16.3. The summed E-state index contributed by atoms with van der Waals surface area (Å²) in [6.07, 6.45) is 3.88. The minimum absolute atomic E-state index is 0.179. The molecule has 2 heterocycles. The molecule has 0 aromatic carbocycles. The van der Waals surface area contributed by atoms with Crippen LogP contribution in [0.15, 0.2) is 4.99 Å². The summed E-state index contributed by atoms with van der Waals surface area (Å²) in [5.41, 5.74) is 0.535. The number of guanidine groups is 1. The van der Waals surface area contributed by atoms with Gasteiger partial charge in [-0.1, -0.05) is 20.8 Å². The van der Waals surface area contributed by atoms with Gasteiger partial charge in [0.05, 0.1) is 0 Å².